The summed E-state index contributed by atoms with van der Waals surface area (Å²) in [5.41, 5.74) is 7.45. The van der Waals surface area contributed by atoms with E-state index in [9.17, 15) is 5.11 Å². The third kappa shape index (κ3) is 2.68. The average molecular weight is 177 g/mol. The molecule has 0 bridgehead atoms. The summed E-state index contributed by atoms with van der Waals surface area (Å²) in [4.78, 5) is 0. The van der Waals surface area contributed by atoms with Crippen LogP contribution in [0.4, 0.5) is 0 Å². The third-order valence-electron chi connectivity index (χ3n) is 1.99. The lowest BCUT2D eigenvalue weighted by Crippen LogP contribution is -1.98. The van der Waals surface area contributed by atoms with Crippen molar-refractivity contribution >= 4 is 0 Å². The predicted molar refractivity (Wildman–Crippen MR) is 54.1 cm³/mol. The molecule has 70 valence electrons. The Kier molecular flexibility index (Phi) is 3.68. The number of nitrogens with two attached hydrogens (primary N) is 1. The maximum atomic E-state index is 9.58. The van der Waals surface area contributed by atoms with E-state index < -0.39 is 6.10 Å². The van der Waals surface area contributed by atoms with Crippen LogP contribution in [-0.2, 0) is 6.54 Å². The second-order valence-electron chi connectivity index (χ2n) is 2.99. The van der Waals surface area contributed by atoms with Crippen LogP contribution in [0.25, 0.3) is 0 Å². The van der Waals surface area contributed by atoms with E-state index in [1.807, 2.05) is 24.3 Å². The fourth-order valence-corrected chi connectivity index (χ4v) is 1.17. The molecule has 0 fully saturated rings. The summed E-state index contributed by atoms with van der Waals surface area (Å²) in [7, 11) is 0. The molecular formula is C11H15NO. The standard InChI is InChI=1S/C11H15NO/c1-2-3-11(13)10-6-4-9(8-12)5-7-10/h2,4-7,11,13H,1,3,8,12H2/t11-/m0/s1. The lowest BCUT2D eigenvalue weighted by atomic mass is 10.0. The quantitative estimate of drug-likeness (QED) is 0.688. The second-order valence-corrected chi connectivity index (χ2v) is 2.99. The average Bonchev–Trinajstić information content (AvgIpc) is 2.18. The minimum atomic E-state index is -0.440. The van der Waals surface area contributed by atoms with Crippen molar-refractivity contribution in [3.05, 3.63) is 48.0 Å². The van der Waals surface area contributed by atoms with E-state index in [0.29, 0.717) is 13.0 Å². The summed E-state index contributed by atoms with van der Waals surface area (Å²) in [5, 5.41) is 9.58. The first-order chi connectivity index (χ1) is 6.27. The Hall–Kier alpha value is -1.12. The lowest BCUT2D eigenvalue weighted by Gasteiger charge is -2.08. The molecule has 2 nitrogen and oxygen atoms in total. The van der Waals surface area contributed by atoms with Crippen LogP contribution in [0.1, 0.15) is 23.7 Å². The molecule has 1 rings (SSSR count). The Morgan fingerprint density at radius 2 is 2.00 bits per heavy atom. The Labute approximate surface area is 78.7 Å². The fraction of sp³-hybridized carbons (Fsp3) is 0.273. The van der Waals surface area contributed by atoms with E-state index in [1.165, 1.54) is 0 Å². The van der Waals surface area contributed by atoms with Crippen molar-refractivity contribution in [2.24, 2.45) is 5.73 Å². The summed E-state index contributed by atoms with van der Waals surface area (Å²) in [5.74, 6) is 0. The number of rotatable bonds is 4. The van der Waals surface area contributed by atoms with Gasteiger partial charge in [-0.2, -0.15) is 0 Å². The maximum Gasteiger partial charge on any atom is 0.0824 e. The van der Waals surface area contributed by atoms with Gasteiger partial charge >= 0.3 is 0 Å². The van der Waals surface area contributed by atoms with Crippen LogP contribution in [0.5, 0.6) is 0 Å². The normalized spacial score (nSPS) is 12.5. The van der Waals surface area contributed by atoms with Crippen LogP contribution < -0.4 is 5.73 Å². The summed E-state index contributed by atoms with van der Waals surface area (Å²) in [6, 6.07) is 7.66. The Morgan fingerprint density at radius 3 is 2.46 bits per heavy atom. The van der Waals surface area contributed by atoms with Gasteiger partial charge in [0.1, 0.15) is 0 Å². The molecule has 3 N–H and O–H groups in total. The highest BCUT2D eigenvalue weighted by Crippen LogP contribution is 2.16. The van der Waals surface area contributed by atoms with Crippen molar-refractivity contribution in [3.8, 4) is 0 Å². The third-order valence-corrected chi connectivity index (χ3v) is 1.99. The van der Waals surface area contributed by atoms with Gasteiger partial charge < -0.3 is 10.8 Å². The van der Waals surface area contributed by atoms with Crippen LogP contribution >= 0.6 is 0 Å². The molecule has 1 aromatic carbocycles. The van der Waals surface area contributed by atoms with Gasteiger partial charge in [0.05, 0.1) is 6.10 Å². The minimum Gasteiger partial charge on any atom is -0.388 e. The molecule has 0 spiro atoms. The summed E-state index contributed by atoms with van der Waals surface area (Å²) >= 11 is 0. The van der Waals surface area contributed by atoms with Crippen LogP contribution in [0.3, 0.4) is 0 Å². The minimum absolute atomic E-state index is 0.440. The highest BCUT2D eigenvalue weighted by atomic mass is 16.3. The Morgan fingerprint density at radius 1 is 1.38 bits per heavy atom. The largest absolute Gasteiger partial charge is 0.388 e. The van der Waals surface area contributed by atoms with Crippen LogP contribution in [0.2, 0.25) is 0 Å². The van der Waals surface area contributed by atoms with Crippen molar-refractivity contribution in [2.45, 2.75) is 19.1 Å². The van der Waals surface area contributed by atoms with E-state index in [4.69, 9.17) is 5.73 Å². The molecule has 0 aliphatic rings. The van der Waals surface area contributed by atoms with E-state index in [1.54, 1.807) is 6.08 Å². The van der Waals surface area contributed by atoms with Crippen molar-refractivity contribution in [1.29, 1.82) is 0 Å². The molecule has 0 unspecified atom stereocenters. The Balaban J connectivity index is 2.73. The van der Waals surface area contributed by atoms with Gasteiger partial charge in [-0.15, -0.1) is 6.58 Å². The Bertz CT molecular complexity index is 266. The monoisotopic (exact) mass is 177 g/mol. The van der Waals surface area contributed by atoms with E-state index in [2.05, 4.69) is 6.58 Å². The van der Waals surface area contributed by atoms with Gasteiger partial charge in [-0.05, 0) is 17.5 Å². The zero-order valence-electron chi connectivity index (χ0n) is 7.61. The molecule has 0 saturated carbocycles. The van der Waals surface area contributed by atoms with Crippen molar-refractivity contribution < 1.29 is 5.11 Å². The first-order valence-electron chi connectivity index (χ1n) is 4.35. The zero-order valence-corrected chi connectivity index (χ0v) is 7.61. The number of aliphatic hydroxyl groups is 1. The SMILES string of the molecule is C=CC[C@H](O)c1ccc(CN)cc1. The summed E-state index contributed by atoms with van der Waals surface area (Å²) in [6.07, 6.45) is 1.85. The van der Waals surface area contributed by atoms with E-state index in [-0.39, 0.29) is 0 Å². The predicted octanol–water partition coefficient (Wildman–Crippen LogP) is 1.75. The molecule has 0 radical (unpaired) electrons. The van der Waals surface area contributed by atoms with Gasteiger partial charge in [0, 0.05) is 6.54 Å². The summed E-state index contributed by atoms with van der Waals surface area (Å²) in [6.45, 7) is 4.12. The van der Waals surface area contributed by atoms with Crippen LogP contribution in [0.15, 0.2) is 36.9 Å². The molecule has 13 heavy (non-hydrogen) atoms. The van der Waals surface area contributed by atoms with Crippen LogP contribution in [0, 0.1) is 0 Å². The van der Waals surface area contributed by atoms with Gasteiger partial charge in [0.15, 0.2) is 0 Å². The first-order valence-corrected chi connectivity index (χ1v) is 4.35. The molecule has 0 aromatic heterocycles. The first kappa shape index (κ1) is 9.96. The molecule has 1 atom stereocenters. The van der Waals surface area contributed by atoms with Gasteiger partial charge in [-0.1, -0.05) is 30.3 Å². The highest BCUT2D eigenvalue weighted by molar-refractivity contribution is 5.24. The van der Waals surface area contributed by atoms with Crippen molar-refractivity contribution in [2.75, 3.05) is 0 Å². The molecule has 2 heteroatoms. The zero-order chi connectivity index (χ0) is 9.68. The maximum absolute atomic E-state index is 9.58. The van der Waals surface area contributed by atoms with Gasteiger partial charge in [-0.25, -0.2) is 0 Å². The molecule has 0 aliphatic carbocycles. The fourth-order valence-electron chi connectivity index (χ4n) is 1.17. The molecule has 0 aliphatic heterocycles. The molecule has 0 saturated heterocycles. The van der Waals surface area contributed by atoms with Gasteiger partial charge in [0.2, 0.25) is 0 Å². The summed E-state index contributed by atoms with van der Waals surface area (Å²) < 4.78 is 0. The van der Waals surface area contributed by atoms with E-state index >= 15 is 0 Å². The highest BCUT2D eigenvalue weighted by Gasteiger charge is 2.03. The number of benzene rings is 1. The molecule has 0 heterocycles. The number of aliphatic hydroxyl groups excluding tert-OH is 1. The van der Waals surface area contributed by atoms with Crippen molar-refractivity contribution in [3.63, 3.8) is 0 Å². The van der Waals surface area contributed by atoms with Gasteiger partial charge in [0.25, 0.3) is 0 Å². The lowest BCUT2D eigenvalue weighted by molar-refractivity contribution is 0.181. The van der Waals surface area contributed by atoms with Crippen LogP contribution in [-0.4, -0.2) is 5.11 Å². The topological polar surface area (TPSA) is 46.2 Å². The van der Waals surface area contributed by atoms with Gasteiger partial charge in [-0.3, -0.25) is 0 Å². The molecule has 1 aromatic rings. The van der Waals surface area contributed by atoms with Crippen molar-refractivity contribution in [1.82, 2.24) is 0 Å². The number of hydrogen-bond donors (Lipinski definition) is 2. The number of hydrogen-bond acceptors (Lipinski definition) is 2. The second kappa shape index (κ2) is 4.80. The molecule has 0 amide bonds. The van der Waals surface area contributed by atoms with E-state index in [0.717, 1.165) is 11.1 Å². The molecular weight excluding hydrogens is 162 g/mol. The smallest absolute Gasteiger partial charge is 0.0824 e.